The SMILES string of the molecule is O=C(N/N=C/c1c(-c2ccccc2)[nH]c2ccccc12)c1ccc[nH]1. The lowest BCUT2D eigenvalue weighted by atomic mass is 10.1. The molecule has 0 saturated heterocycles. The zero-order chi connectivity index (χ0) is 17.1. The number of carbonyl (C=O) groups excluding carboxylic acids is 1. The molecule has 0 spiro atoms. The Morgan fingerprint density at radius 3 is 2.56 bits per heavy atom. The summed E-state index contributed by atoms with van der Waals surface area (Å²) in [6.45, 7) is 0. The number of amides is 1. The largest absolute Gasteiger partial charge is 0.357 e. The van der Waals surface area contributed by atoms with Crippen LogP contribution in [0.5, 0.6) is 0 Å². The minimum Gasteiger partial charge on any atom is -0.357 e. The lowest BCUT2D eigenvalue weighted by molar-refractivity contribution is 0.0951. The number of aromatic nitrogens is 2. The maximum absolute atomic E-state index is 12.0. The van der Waals surface area contributed by atoms with Gasteiger partial charge in [-0.05, 0) is 23.8 Å². The summed E-state index contributed by atoms with van der Waals surface area (Å²) in [5, 5.41) is 5.20. The van der Waals surface area contributed by atoms with E-state index in [0.29, 0.717) is 5.69 Å². The molecule has 0 atom stereocenters. The molecular formula is C20H16N4O. The number of fused-ring (bicyclic) bond motifs is 1. The van der Waals surface area contributed by atoms with Crippen LogP contribution in [0.2, 0.25) is 0 Å². The molecule has 0 aliphatic carbocycles. The highest BCUT2D eigenvalue weighted by atomic mass is 16.2. The summed E-state index contributed by atoms with van der Waals surface area (Å²) in [6.07, 6.45) is 3.38. The molecular weight excluding hydrogens is 312 g/mol. The second-order valence-corrected chi connectivity index (χ2v) is 5.61. The van der Waals surface area contributed by atoms with Crippen LogP contribution in [0.3, 0.4) is 0 Å². The van der Waals surface area contributed by atoms with Crippen LogP contribution in [0.15, 0.2) is 78.0 Å². The van der Waals surface area contributed by atoms with Crippen molar-refractivity contribution >= 4 is 23.0 Å². The van der Waals surface area contributed by atoms with E-state index < -0.39 is 0 Å². The Bertz CT molecular complexity index is 1030. The zero-order valence-electron chi connectivity index (χ0n) is 13.4. The molecule has 5 heteroatoms. The Morgan fingerprint density at radius 2 is 1.76 bits per heavy atom. The van der Waals surface area contributed by atoms with Crippen molar-refractivity contribution in [3.05, 3.63) is 84.2 Å². The number of H-pyrrole nitrogens is 2. The van der Waals surface area contributed by atoms with Gasteiger partial charge >= 0.3 is 0 Å². The van der Waals surface area contributed by atoms with Gasteiger partial charge in [0.15, 0.2) is 0 Å². The second-order valence-electron chi connectivity index (χ2n) is 5.61. The smallest absolute Gasteiger partial charge is 0.287 e. The van der Waals surface area contributed by atoms with Gasteiger partial charge in [0.1, 0.15) is 5.69 Å². The third kappa shape index (κ3) is 2.95. The maximum Gasteiger partial charge on any atom is 0.287 e. The Labute approximate surface area is 144 Å². The number of nitrogens with one attached hydrogen (secondary N) is 3. The Morgan fingerprint density at radius 1 is 0.960 bits per heavy atom. The van der Waals surface area contributed by atoms with Crippen molar-refractivity contribution < 1.29 is 4.79 Å². The summed E-state index contributed by atoms with van der Waals surface area (Å²) in [5.74, 6) is -0.276. The topological polar surface area (TPSA) is 73.0 Å². The Hall–Kier alpha value is -3.60. The molecule has 4 aromatic rings. The lowest BCUT2D eigenvalue weighted by Gasteiger charge is -2.01. The maximum atomic E-state index is 12.0. The molecule has 2 aromatic heterocycles. The van der Waals surface area contributed by atoms with Gasteiger partial charge in [-0.1, -0.05) is 48.5 Å². The van der Waals surface area contributed by atoms with Crippen LogP contribution < -0.4 is 5.43 Å². The molecule has 2 heterocycles. The molecule has 2 aromatic carbocycles. The van der Waals surface area contributed by atoms with E-state index in [1.165, 1.54) is 0 Å². The van der Waals surface area contributed by atoms with Crippen molar-refractivity contribution in [3.8, 4) is 11.3 Å². The first-order valence-corrected chi connectivity index (χ1v) is 7.96. The van der Waals surface area contributed by atoms with Crippen molar-refractivity contribution in [3.63, 3.8) is 0 Å². The third-order valence-corrected chi connectivity index (χ3v) is 4.01. The van der Waals surface area contributed by atoms with Crippen LogP contribution in [-0.4, -0.2) is 22.1 Å². The van der Waals surface area contributed by atoms with Crippen molar-refractivity contribution in [1.29, 1.82) is 0 Å². The minimum atomic E-state index is -0.276. The van der Waals surface area contributed by atoms with Gasteiger partial charge < -0.3 is 9.97 Å². The van der Waals surface area contributed by atoms with Gasteiger partial charge in [0.05, 0.1) is 11.9 Å². The summed E-state index contributed by atoms with van der Waals surface area (Å²) in [6, 6.07) is 21.6. The number of aromatic amines is 2. The highest BCUT2D eigenvalue weighted by molar-refractivity contribution is 6.06. The van der Waals surface area contributed by atoms with Crippen LogP contribution >= 0.6 is 0 Å². The molecule has 25 heavy (non-hydrogen) atoms. The zero-order valence-corrected chi connectivity index (χ0v) is 13.4. The monoisotopic (exact) mass is 328 g/mol. The number of hydrogen-bond donors (Lipinski definition) is 3. The van der Waals surface area contributed by atoms with Gasteiger partial charge in [-0.15, -0.1) is 0 Å². The van der Waals surface area contributed by atoms with Crippen LogP contribution in [0.1, 0.15) is 16.1 Å². The van der Waals surface area contributed by atoms with E-state index in [1.807, 2.05) is 54.6 Å². The van der Waals surface area contributed by atoms with Crippen LogP contribution in [0.4, 0.5) is 0 Å². The van der Waals surface area contributed by atoms with Crippen molar-refractivity contribution in [1.82, 2.24) is 15.4 Å². The number of hydrazone groups is 1. The van der Waals surface area contributed by atoms with Crippen molar-refractivity contribution in [2.75, 3.05) is 0 Å². The molecule has 4 rings (SSSR count). The fourth-order valence-corrected chi connectivity index (χ4v) is 2.82. The summed E-state index contributed by atoms with van der Waals surface area (Å²) >= 11 is 0. The van der Waals surface area contributed by atoms with Crippen LogP contribution in [0.25, 0.3) is 22.2 Å². The third-order valence-electron chi connectivity index (χ3n) is 4.01. The molecule has 1 amide bonds. The van der Waals surface area contributed by atoms with Crippen molar-refractivity contribution in [2.45, 2.75) is 0 Å². The van der Waals surface area contributed by atoms with Crippen LogP contribution in [0, 0.1) is 0 Å². The number of nitrogens with zero attached hydrogens (tertiary/aromatic N) is 1. The normalized spacial score (nSPS) is 11.2. The first kappa shape index (κ1) is 15.0. The van der Waals surface area contributed by atoms with Gasteiger partial charge in [-0.2, -0.15) is 5.10 Å². The number of carbonyl (C=O) groups is 1. The molecule has 5 nitrogen and oxygen atoms in total. The molecule has 3 N–H and O–H groups in total. The average Bonchev–Trinajstić information content (AvgIpc) is 3.31. The van der Waals surface area contributed by atoms with E-state index in [1.54, 1.807) is 24.5 Å². The van der Waals surface area contributed by atoms with Crippen molar-refractivity contribution in [2.24, 2.45) is 5.10 Å². The molecule has 0 bridgehead atoms. The molecule has 0 saturated carbocycles. The Balaban J connectivity index is 1.70. The van der Waals surface area contributed by atoms with E-state index in [-0.39, 0.29) is 5.91 Å². The van der Waals surface area contributed by atoms with Crippen LogP contribution in [-0.2, 0) is 0 Å². The number of para-hydroxylation sites is 1. The molecule has 0 aliphatic heterocycles. The van der Waals surface area contributed by atoms with E-state index >= 15 is 0 Å². The number of benzene rings is 2. The number of rotatable bonds is 4. The van der Waals surface area contributed by atoms with Gasteiger partial charge in [0.25, 0.3) is 5.91 Å². The predicted octanol–water partition coefficient (Wildman–Crippen LogP) is 3.93. The second kappa shape index (κ2) is 6.49. The van der Waals surface area contributed by atoms with Gasteiger partial charge in [-0.25, -0.2) is 5.43 Å². The lowest BCUT2D eigenvalue weighted by Crippen LogP contribution is -2.17. The first-order valence-electron chi connectivity index (χ1n) is 7.96. The number of hydrogen-bond acceptors (Lipinski definition) is 2. The Kier molecular flexibility index (Phi) is 3.88. The highest BCUT2D eigenvalue weighted by Crippen LogP contribution is 2.28. The molecule has 0 fully saturated rings. The summed E-state index contributed by atoms with van der Waals surface area (Å²) < 4.78 is 0. The minimum absolute atomic E-state index is 0.276. The van der Waals surface area contributed by atoms with Gasteiger partial charge in [0, 0.05) is 22.7 Å². The standard InChI is InChI=1S/C20H16N4O/c25-20(18-11-6-12-21-18)24-22-13-16-15-9-4-5-10-17(15)23-19(16)14-7-2-1-3-8-14/h1-13,21,23H,(H,24,25)/b22-13+. The highest BCUT2D eigenvalue weighted by Gasteiger charge is 2.11. The molecule has 0 radical (unpaired) electrons. The molecule has 0 aliphatic rings. The van der Waals surface area contributed by atoms with Gasteiger partial charge in [-0.3, -0.25) is 4.79 Å². The van der Waals surface area contributed by atoms with E-state index in [4.69, 9.17) is 0 Å². The van der Waals surface area contributed by atoms with E-state index in [2.05, 4.69) is 20.5 Å². The fourth-order valence-electron chi connectivity index (χ4n) is 2.82. The molecule has 0 unspecified atom stereocenters. The average molecular weight is 328 g/mol. The summed E-state index contributed by atoms with van der Waals surface area (Å²) in [5.41, 5.74) is 7.03. The summed E-state index contributed by atoms with van der Waals surface area (Å²) in [7, 11) is 0. The molecule has 122 valence electrons. The van der Waals surface area contributed by atoms with E-state index in [0.717, 1.165) is 27.7 Å². The summed E-state index contributed by atoms with van der Waals surface area (Å²) in [4.78, 5) is 18.3. The predicted molar refractivity (Wildman–Crippen MR) is 99.6 cm³/mol. The van der Waals surface area contributed by atoms with Gasteiger partial charge in [0.2, 0.25) is 0 Å². The first-order chi connectivity index (χ1) is 12.3. The van der Waals surface area contributed by atoms with E-state index in [9.17, 15) is 4.79 Å². The fraction of sp³-hybridized carbons (Fsp3) is 0. The quantitative estimate of drug-likeness (QED) is 0.385.